The van der Waals surface area contributed by atoms with E-state index in [1.54, 1.807) is 0 Å². The van der Waals surface area contributed by atoms with E-state index in [0.717, 1.165) is 0 Å². The summed E-state index contributed by atoms with van der Waals surface area (Å²) in [6.07, 6.45) is 0. The monoisotopic (exact) mass is 892 g/mol. The van der Waals surface area contributed by atoms with Crippen LogP contribution in [0.2, 0.25) is 0 Å². The first-order valence-electron chi connectivity index (χ1n) is 13.0. The zero-order valence-electron chi connectivity index (χ0n) is 25.7. The molecule has 0 aliphatic rings. The summed E-state index contributed by atoms with van der Waals surface area (Å²) in [7, 11) is -33.6. The van der Waals surface area contributed by atoms with Crippen molar-refractivity contribution >= 4 is 106 Å². The fourth-order valence-corrected chi connectivity index (χ4v) is 8.49. The molecule has 4 rings (SSSR count). The molecule has 0 atom stereocenters. The van der Waals surface area contributed by atoms with Gasteiger partial charge in [-0.3, -0.25) is 37.4 Å². The first-order chi connectivity index (χ1) is 24.7. The number of nitro benzene ring substituents is 1. The highest BCUT2D eigenvalue weighted by molar-refractivity contribution is 7.88. The second-order valence-electron chi connectivity index (χ2n) is 10.2. The van der Waals surface area contributed by atoms with Gasteiger partial charge in [0.05, 0.1) is 20.9 Å². The molecule has 0 saturated heterocycles. The van der Waals surface area contributed by atoms with Crippen molar-refractivity contribution in [2.75, 3.05) is 5.73 Å². The van der Waals surface area contributed by atoms with Crippen LogP contribution in [0.5, 0.6) is 5.75 Å². The molecule has 0 aliphatic heterocycles. The summed E-state index contributed by atoms with van der Waals surface area (Å²) in [5.74, 6) is -1.60. The van der Waals surface area contributed by atoms with Crippen molar-refractivity contribution in [2.24, 2.45) is 20.5 Å². The minimum atomic E-state index is -5.76. The first kappa shape index (κ1) is 42.5. The molecule has 4 aromatic carbocycles. The Morgan fingerprint density at radius 2 is 0.964 bits per heavy atom. The molecule has 0 unspecified atom stereocenters. The smallest absolute Gasteiger partial charge is 0.297 e. The van der Waals surface area contributed by atoms with Gasteiger partial charge < -0.3 is 10.8 Å². The second-order valence-corrected chi connectivity index (χ2v) is 18.6. The van der Waals surface area contributed by atoms with E-state index in [2.05, 4.69) is 20.5 Å². The first-order valence-corrected chi connectivity index (χ1v) is 21.7. The molecule has 0 heterocycles. The maximum absolute atomic E-state index is 12.4. The maximum atomic E-state index is 12.4. The number of hydrogen-bond donors (Lipinski definition) is 8. The fraction of sp³-hybridized carbons (Fsp3) is 0. The summed E-state index contributed by atoms with van der Waals surface area (Å²) < 4.78 is 203. The number of phenolic OH excluding ortho intramolecular Hbond substituents is 1. The highest BCUT2D eigenvalue weighted by Crippen LogP contribution is 2.49. The SMILES string of the molecule is Nc1c(N=Nc2c(S(=O)(=O)O)cc(S(=O)(=O)O)cc2S(=O)(=O)O)cc(S(=O)(=O)O)c2cc(S(=O)(=O)O)c(N=Nc3ccc([N+](=O)[O-])cc3S(=O)(=O)O)c(O)c12. The van der Waals surface area contributed by atoms with E-state index in [-0.39, 0.29) is 24.3 Å². The van der Waals surface area contributed by atoms with Gasteiger partial charge in [0.1, 0.15) is 47.2 Å². The van der Waals surface area contributed by atoms with Crippen LogP contribution in [0.1, 0.15) is 0 Å². The van der Waals surface area contributed by atoms with Crippen LogP contribution < -0.4 is 5.73 Å². The fourth-order valence-electron chi connectivity index (χ4n) is 4.41. The molecule has 296 valence electrons. The number of anilines is 1. The van der Waals surface area contributed by atoms with Crippen molar-refractivity contribution in [1.82, 2.24) is 0 Å². The van der Waals surface area contributed by atoms with E-state index in [1.165, 1.54) is 0 Å². The topological polar surface area (TPSA) is 465 Å². The van der Waals surface area contributed by atoms with Gasteiger partial charge in [0, 0.05) is 17.5 Å². The summed E-state index contributed by atoms with van der Waals surface area (Å²) in [6.45, 7) is 0. The van der Waals surface area contributed by atoms with Gasteiger partial charge in [0.25, 0.3) is 66.4 Å². The number of nitrogens with two attached hydrogens (primary N) is 1. The standard InChI is InChI=1S/C22H16N6O21S6/c23-19-12(25-26-20-15(53(41,42)43)4-9(50(32,33)34)5-16(20)54(44,45)46)7-13(51(35,36)37)10-6-17(55(47,48)49)21(22(29)18(10)19)27-24-11-2-1-8(28(30)31)3-14(11)52(38,39)40/h1-7,29H,23H2,(H,32,33,34)(H,35,36,37)(H,38,39,40)(H,41,42,43)(H,44,45,46)(H,47,48,49). The van der Waals surface area contributed by atoms with Gasteiger partial charge in [-0.25, -0.2) is 0 Å². The number of non-ortho nitro benzene ring substituents is 1. The largest absolute Gasteiger partial charge is 0.505 e. The second kappa shape index (κ2) is 13.8. The van der Waals surface area contributed by atoms with Crippen molar-refractivity contribution in [3.63, 3.8) is 0 Å². The number of nitrogens with zero attached hydrogens (tertiary/aromatic N) is 5. The molecule has 0 aliphatic carbocycles. The highest BCUT2D eigenvalue weighted by atomic mass is 32.2. The number of fused-ring (bicyclic) bond motifs is 1. The molecule has 4 aromatic rings. The van der Waals surface area contributed by atoms with Crippen LogP contribution in [-0.2, 0) is 60.7 Å². The van der Waals surface area contributed by atoms with Gasteiger partial charge >= 0.3 is 0 Å². The van der Waals surface area contributed by atoms with Crippen molar-refractivity contribution in [2.45, 2.75) is 29.4 Å². The van der Waals surface area contributed by atoms with Crippen LogP contribution in [0, 0.1) is 10.1 Å². The Balaban J connectivity index is 2.16. The lowest BCUT2D eigenvalue weighted by molar-refractivity contribution is -0.385. The predicted octanol–water partition coefficient (Wildman–Crippen LogP) is 2.35. The average Bonchev–Trinajstić information content (AvgIpc) is 3.00. The molecule has 33 heteroatoms. The molecular formula is C22H16N6O21S6. The summed E-state index contributed by atoms with van der Waals surface area (Å²) >= 11 is 0. The quantitative estimate of drug-likeness (QED) is 0.0352. The van der Waals surface area contributed by atoms with Gasteiger partial charge in [-0.05, 0) is 30.3 Å². The zero-order valence-corrected chi connectivity index (χ0v) is 30.5. The summed E-state index contributed by atoms with van der Waals surface area (Å²) in [5, 5.41) is 33.3. The number of phenols is 1. The van der Waals surface area contributed by atoms with Crippen molar-refractivity contribution < 1.29 is 87.9 Å². The molecule has 0 saturated carbocycles. The van der Waals surface area contributed by atoms with Crippen LogP contribution in [0.25, 0.3) is 10.8 Å². The van der Waals surface area contributed by atoms with Crippen molar-refractivity contribution in [1.29, 1.82) is 0 Å². The molecule has 0 bridgehead atoms. The van der Waals surface area contributed by atoms with Crippen LogP contribution in [0.4, 0.5) is 34.1 Å². The third-order valence-corrected chi connectivity index (χ3v) is 11.9. The van der Waals surface area contributed by atoms with Crippen LogP contribution in [0.3, 0.4) is 0 Å². The van der Waals surface area contributed by atoms with Crippen molar-refractivity contribution in [3.05, 3.63) is 52.6 Å². The predicted molar refractivity (Wildman–Crippen MR) is 177 cm³/mol. The third-order valence-electron chi connectivity index (χ3n) is 6.69. The van der Waals surface area contributed by atoms with E-state index in [9.17, 15) is 93.0 Å². The highest BCUT2D eigenvalue weighted by Gasteiger charge is 2.31. The third kappa shape index (κ3) is 8.87. The number of rotatable bonds is 11. The van der Waals surface area contributed by atoms with Gasteiger partial charge in [-0.1, -0.05) is 0 Å². The van der Waals surface area contributed by atoms with Gasteiger partial charge in [-0.2, -0.15) is 50.5 Å². The summed E-state index contributed by atoms with van der Waals surface area (Å²) in [6, 6.07) is 1.82. The molecule has 0 fully saturated rings. The van der Waals surface area contributed by atoms with E-state index in [0.29, 0.717) is 18.2 Å². The lowest BCUT2D eigenvalue weighted by atomic mass is 10.0. The van der Waals surface area contributed by atoms with Crippen molar-refractivity contribution in [3.8, 4) is 5.75 Å². The Morgan fingerprint density at radius 1 is 0.527 bits per heavy atom. The molecular weight excluding hydrogens is 877 g/mol. The van der Waals surface area contributed by atoms with Crippen LogP contribution in [0.15, 0.2) is 92.3 Å². The Bertz CT molecular complexity index is 3080. The Morgan fingerprint density at radius 3 is 1.40 bits per heavy atom. The number of benzene rings is 4. The van der Waals surface area contributed by atoms with Gasteiger partial charge in [0.15, 0.2) is 5.75 Å². The Hall–Kier alpha value is -5.20. The minimum Gasteiger partial charge on any atom is -0.505 e. The molecule has 0 aromatic heterocycles. The Kier molecular flexibility index (Phi) is 10.7. The number of hydrogen-bond acceptors (Lipinski definition) is 20. The number of nitrogen functional groups attached to an aromatic ring is 1. The minimum absolute atomic E-state index is 0.0561. The lowest BCUT2D eigenvalue weighted by Gasteiger charge is -2.14. The molecule has 0 spiro atoms. The van der Waals surface area contributed by atoms with E-state index >= 15 is 0 Å². The van der Waals surface area contributed by atoms with Gasteiger partial charge in [0.2, 0.25) is 0 Å². The van der Waals surface area contributed by atoms with Gasteiger partial charge in [-0.15, -0.1) is 20.5 Å². The average molecular weight is 893 g/mol. The molecule has 27 nitrogen and oxygen atoms in total. The molecule has 0 amide bonds. The maximum Gasteiger partial charge on any atom is 0.297 e. The zero-order chi connectivity index (χ0) is 42.0. The van der Waals surface area contributed by atoms with Crippen LogP contribution in [-0.4, -0.2) is 87.9 Å². The normalized spacial score (nSPS) is 13.6. The molecule has 9 N–H and O–H groups in total. The van der Waals surface area contributed by atoms with E-state index in [1.807, 2.05) is 0 Å². The lowest BCUT2D eigenvalue weighted by Crippen LogP contribution is -2.08. The summed E-state index contributed by atoms with van der Waals surface area (Å²) in [4.78, 5) is 0.645. The molecule has 55 heavy (non-hydrogen) atoms. The van der Waals surface area contributed by atoms with E-state index in [4.69, 9.17) is 5.73 Å². The Labute approximate surface area is 306 Å². The van der Waals surface area contributed by atoms with Crippen LogP contribution >= 0.6 is 0 Å². The molecule has 0 radical (unpaired) electrons. The van der Waals surface area contributed by atoms with E-state index < -0.39 is 146 Å². The summed E-state index contributed by atoms with van der Waals surface area (Å²) in [5.41, 5.74) is -1.12. The number of nitro groups is 1. The number of aromatic hydroxyl groups is 1. The number of azo groups is 2.